The Hall–Kier alpha value is -1.10. The molecule has 1 aliphatic rings. The van der Waals surface area contributed by atoms with Crippen molar-refractivity contribution in [2.75, 3.05) is 6.54 Å². The quantitative estimate of drug-likeness (QED) is 0.590. The molecule has 0 heterocycles. The van der Waals surface area contributed by atoms with Gasteiger partial charge in [-0.25, -0.2) is 0 Å². The molecule has 0 aromatic heterocycles. The molecule has 1 rings (SSSR count). The molecule has 2 atom stereocenters. The maximum Gasteiger partial charge on any atom is 0.303 e. The van der Waals surface area contributed by atoms with Gasteiger partial charge >= 0.3 is 5.97 Å². The van der Waals surface area contributed by atoms with Crippen molar-refractivity contribution < 1.29 is 14.7 Å². The fourth-order valence-corrected chi connectivity index (χ4v) is 2.39. The highest BCUT2D eigenvalue weighted by molar-refractivity contribution is 5.76. The summed E-state index contributed by atoms with van der Waals surface area (Å²) >= 11 is 0. The van der Waals surface area contributed by atoms with Gasteiger partial charge in [-0.2, -0.15) is 0 Å². The maximum absolute atomic E-state index is 11.7. The summed E-state index contributed by atoms with van der Waals surface area (Å²) in [5, 5.41) is 11.7. The first-order chi connectivity index (χ1) is 8.88. The Balaban J connectivity index is 2.28. The van der Waals surface area contributed by atoms with Crippen LogP contribution in [0.25, 0.3) is 0 Å². The van der Waals surface area contributed by atoms with Crippen LogP contribution in [0.15, 0.2) is 0 Å². The molecule has 4 N–H and O–H groups in total. The zero-order chi connectivity index (χ0) is 14.4. The Kier molecular flexibility index (Phi) is 6.28. The molecule has 0 radical (unpaired) electrons. The molecule has 19 heavy (non-hydrogen) atoms. The van der Waals surface area contributed by atoms with Crippen LogP contribution in [0.2, 0.25) is 0 Å². The van der Waals surface area contributed by atoms with E-state index in [-0.39, 0.29) is 24.3 Å². The number of carbonyl (C=O) groups is 2. The highest BCUT2D eigenvalue weighted by Crippen LogP contribution is 2.32. The van der Waals surface area contributed by atoms with E-state index in [2.05, 4.69) is 19.2 Å². The SMILES string of the molecule is CC(C)C[C@H](CNC(=O)CC(N)C1CC1)CC(=O)O. The molecule has 1 aliphatic carbocycles. The average Bonchev–Trinajstić information content (AvgIpc) is 3.07. The second-order valence-corrected chi connectivity index (χ2v) is 6.10. The van der Waals surface area contributed by atoms with Crippen molar-refractivity contribution >= 4 is 11.9 Å². The van der Waals surface area contributed by atoms with Gasteiger partial charge in [-0.3, -0.25) is 9.59 Å². The van der Waals surface area contributed by atoms with Gasteiger partial charge in [-0.15, -0.1) is 0 Å². The lowest BCUT2D eigenvalue weighted by atomic mass is 9.94. The lowest BCUT2D eigenvalue weighted by molar-refractivity contribution is -0.138. The number of hydrogen-bond acceptors (Lipinski definition) is 3. The van der Waals surface area contributed by atoms with Gasteiger partial charge in [0.1, 0.15) is 0 Å². The number of carboxylic acids is 1. The summed E-state index contributed by atoms with van der Waals surface area (Å²) in [5.74, 6) is 0.0675. The second kappa shape index (κ2) is 7.48. The summed E-state index contributed by atoms with van der Waals surface area (Å²) < 4.78 is 0. The molecular weight excluding hydrogens is 244 g/mol. The van der Waals surface area contributed by atoms with Crippen LogP contribution in [0.5, 0.6) is 0 Å². The number of carboxylic acid groups (broad SMARTS) is 1. The number of aliphatic carboxylic acids is 1. The fraction of sp³-hybridized carbons (Fsp3) is 0.857. The minimum Gasteiger partial charge on any atom is -0.481 e. The van der Waals surface area contributed by atoms with Gasteiger partial charge in [-0.1, -0.05) is 13.8 Å². The Bertz CT molecular complexity index is 314. The van der Waals surface area contributed by atoms with E-state index < -0.39 is 5.97 Å². The van der Waals surface area contributed by atoms with Gasteiger partial charge in [0.2, 0.25) is 5.91 Å². The van der Waals surface area contributed by atoms with Crippen LogP contribution in [-0.4, -0.2) is 29.6 Å². The molecule has 1 amide bonds. The molecule has 1 unspecified atom stereocenters. The Labute approximate surface area is 114 Å². The molecule has 0 saturated heterocycles. The molecule has 0 spiro atoms. The third kappa shape index (κ3) is 7.15. The van der Waals surface area contributed by atoms with Gasteiger partial charge in [0.25, 0.3) is 0 Å². The number of nitrogens with two attached hydrogens (primary N) is 1. The summed E-state index contributed by atoms with van der Waals surface area (Å²) in [6, 6.07) is -0.0389. The van der Waals surface area contributed by atoms with Crippen molar-refractivity contribution in [2.24, 2.45) is 23.5 Å². The minimum atomic E-state index is -0.811. The van der Waals surface area contributed by atoms with Crippen LogP contribution in [0, 0.1) is 17.8 Å². The molecule has 5 nitrogen and oxygen atoms in total. The average molecular weight is 270 g/mol. The predicted molar refractivity (Wildman–Crippen MR) is 73.5 cm³/mol. The van der Waals surface area contributed by atoms with E-state index in [1.807, 2.05) is 0 Å². The van der Waals surface area contributed by atoms with Crippen LogP contribution in [0.1, 0.15) is 46.0 Å². The number of rotatable bonds is 9. The summed E-state index contributed by atoms with van der Waals surface area (Å²) in [5.41, 5.74) is 5.89. The smallest absolute Gasteiger partial charge is 0.303 e. The van der Waals surface area contributed by atoms with Crippen LogP contribution in [-0.2, 0) is 9.59 Å². The zero-order valence-electron chi connectivity index (χ0n) is 11.9. The molecule has 0 aromatic rings. The normalized spacial score (nSPS) is 18.1. The molecule has 110 valence electrons. The van der Waals surface area contributed by atoms with Crippen molar-refractivity contribution in [2.45, 2.75) is 52.0 Å². The summed E-state index contributed by atoms with van der Waals surface area (Å²) in [6.07, 6.45) is 3.52. The van der Waals surface area contributed by atoms with Crippen LogP contribution in [0.3, 0.4) is 0 Å². The number of hydrogen-bond donors (Lipinski definition) is 3. The summed E-state index contributed by atoms with van der Waals surface area (Å²) in [4.78, 5) is 22.5. The summed E-state index contributed by atoms with van der Waals surface area (Å²) in [6.45, 7) is 4.54. The first-order valence-electron chi connectivity index (χ1n) is 7.12. The highest BCUT2D eigenvalue weighted by atomic mass is 16.4. The minimum absolute atomic E-state index is 0.00130. The first-order valence-corrected chi connectivity index (χ1v) is 7.12. The number of carbonyl (C=O) groups excluding carboxylic acids is 1. The Morgan fingerprint density at radius 3 is 2.42 bits per heavy atom. The van der Waals surface area contributed by atoms with Crippen molar-refractivity contribution in [3.63, 3.8) is 0 Å². The molecule has 0 bridgehead atoms. The molecule has 1 fully saturated rings. The van der Waals surface area contributed by atoms with Crippen molar-refractivity contribution in [3.8, 4) is 0 Å². The van der Waals surface area contributed by atoms with Crippen LogP contribution < -0.4 is 11.1 Å². The molecule has 1 saturated carbocycles. The van der Waals surface area contributed by atoms with Crippen LogP contribution in [0.4, 0.5) is 0 Å². The molecule has 0 aliphatic heterocycles. The third-order valence-electron chi connectivity index (χ3n) is 3.50. The topological polar surface area (TPSA) is 92.4 Å². The van der Waals surface area contributed by atoms with Gasteiger partial charge < -0.3 is 16.2 Å². The van der Waals surface area contributed by atoms with E-state index in [4.69, 9.17) is 10.8 Å². The second-order valence-electron chi connectivity index (χ2n) is 6.10. The van der Waals surface area contributed by atoms with Gasteiger partial charge in [0.05, 0.1) is 0 Å². The molecule has 0 aromatic carbocycles. The lowest BCUT2D eigenvalue weighted by Gasteiger charge is -2.18. The van der Waals surface area contributed by atoms with Gasteiger partial charge in [-0.05, 0) is 37.0 Å². The van der Waals surface area contributed by atoms with Gasteiger partial charge in [0.15, 0.2) is 0 Å². The Morgan fingerprint density at radius 1 is 1.32 bits per heavy atom. The fourth-order valence-electron chi connectivity index (χ4n) is 2.39. The van der Waals surface area contributed by atoms with E-state index >= 15 is 0 Å². The van der Waals surface area contributed by atoms with Crippen molar-refractivity contribution in [3.05, 3.63) is 0 Å². The summed E-state index contributed by atoms with van der Waals surface area (Å²) in [7, 11) is 0. The largest absolute Gasteiger partial charge is 0.481 e. The Morgan fingerprint density at radius 2 is 1.95 bits per heavy atom. The van der Waals surface area contributed by atoms with Crippen molar-refractivity contribution in [1.82, 2.24) is 5.32 Å². The van der Waals surface area contributed by atoms with E-state index in [1.54, 1.807) is 0 Å². The van der Waals surface area contributed by atoms with E-state index in [0.717, 1.165) is 19.3 Å². The van der Waals surface area contributed by atoms with Gasteiger partial charge in [0, 0.05) is 25.4 Å². The first kappa shape index (κ1) is 16.0. The standard InChI is InChI=1S/C14H26N2O3/c1-9(2)5-10(6-14(18)19)8-16-13(17)7-12(15)11-3-4-11/h9-12H,3-8,15H2,1-2H3,(H,16,17)(H,18,19)/t10-,12?/m0/s1. The van der Waals surface area contributed by atoms with E-state index in [1.165, 1.54) is 0 Å². The third-order valence-corrected chi connectivity index (χ3v) is 3.50. The van der Waals surface area contributed by atoms with E-state index in [9.17, 15) is 9.59 Å². The zero-order valence-corrected chi connectivity index (χ0v) is 11.9. The lowest BCUT2D eigenvalue weighted by Crippen LogP contribution is -2.36. The monoisotopic (exact) mass is 270 g/mol. The molecular formula is C14H26N2O3. The maximum atomic E-state index is 11.7. The molecule has 5 heteroatoms. The van der Waals surface area contributed by atoms with Crippen LogP contribution >= 0.6 is 0 Å². The number of amides is 1. The number of nitrogens with one attached hydrogen (secondary N) is 1. The highest BCUT2D eigenvalue weighted by Gasteiger charge is 2.29. The predicted octanol–water partition coefficient (Wildman–Crippen LogP) is 1.37. The van der Waals surface area contributed by atoms with Crippen molar-refractivity contribution in [1.29, 1.82) is 0 Å². The van der Waals surface area contributed by atoms with E-state index in [0.29, 0.717) is 24.8 Å².